The second-order valence-electron chi connectivity index (χ2n) is 5.56. The van der Waals surface area contributed by atoms with Crippen LogP contribution in [0.3, 0.4) is 0 Å². The van der Waals surface area contributed by atoms with Gasteiger partial charge in [0.05, 0.1) is 13.2 Å². The predicted molar refractivity (Wildman–Crippen MR) is 85.5 cm³/mol. The molecule has 0 bridgehead atoms. The molecule has 0 radical (unpaired) electrons. The average molecular weight is 311 g/mol. The van der Waals surface area contributed by atoms with Crippen molar-refractivity contribution in [2.75, 3.05) is 46.4 Å². The van der Waals surface area contributed by atoms with Gasteiger partial charge >= 0.3 is 0 Å². The van der Waals surface area contributed by atoms with Gasteiger partial charge in [-0.3, -0.25) is 14.6 Å². The van der Waals surface area contributed by atoms with Gasteiger partial charge < -0.3 is 10.1 Å². The summed E-state index contributed by atoms with van der Waals surface area (Å²) in [6, 6.07) is 4.35. The van der Waals surface area contributed by atoms with E-state index in [4.69, 9.17) is 4.74 Å². The maximum absolute atomic E-state index is 11.9. The molecule has 21 heavy (non-hydrogen) atoms. The lowest BCUT2D eigenvalue weighted by Crippen LogP contribution is -2.50. The number of hydrogen-bond acceptors (Lipinski definition) is 5. The number of ether oxygens (including phenoxy) is 1. The quantitative estimate of drug-likeness (QED) is 0.816. The summed E-state index contributed by atoms with van der Waals surface area (Å²) in [6.07, 6.45) is 0. The van der Waals surface area contributed by atoms with Gasteiger partial charge in [0.2, 0.25) is 5.91 Å². The molecular weight excluding hydrogens is 286 g/mol. The van der Waals surface area contributed by atoms with Crippen LogP contribution in [0.1, 0.15) is 11.8 Å². The first-order valence-electron chi connectivity index (χ1n) is 7.42. The van der Waals surface area contributed by atoms with Crippen molar-refractivity contribution in [1.82, 2.24) is 15.1 Å². The van der Waals surface area contributed by atoms with Gasteiger partial charge in [-0.25, -0.2) is 0 Å². The Labute approximate surface area is 130 Å². The fraction of sp³-hybridized carbons (Fsp3) is 0.667. The molecule has 1 atom stereocenters. The maximum Gasteiger partial charge on any atom is 0.234 e. The van der Waals surface area contributed by atoms with E-state index in [1.54, 1.807) is 7.11 Å². The first-order chi connectivity index (χ1) is 10.2. The summed E-state index contributed by atoms with van der Waals surface area (Å²) in [5.74, 6) is 0.0891. The van der Waals surface area contributed by atoms with Crippen LogP contribution in [-0.2, 0) is 16.1 Å². The summed E-state index contributed by atoms with van der Waals surface area (Å²) in [4.78, 5) is 18.0. The summed E-state index contributed by atoms with van der Waals surface area (Å²) >= 11 is 1.81. The lowest BCUT2D eigenvalue weighted by Gasteiger charge is -2.34. The fourth-order valence-electron chi connectivity index (χ4n) is 2.54. The van der Waals surface area contributed by atoms with Gasteiger partial charge in [-0.2, -0.15) is 0 Å². The highest BCUT2D eigenvalue weighted by Crippen LogP contribution is 2.13. The van der Waals surface area contributed by atoms with Crippen LogP contribution in [-0.4, -0.2) is 68.2 Å². The zero-order chi connectivity index (χ0) is 15.1. The number of hydrogen-bond donors (Lipinski definition) is 1. The van der Waals surface area contributed by atoms with Crippen molar-refractivity contribution in [2.45, 2.75) is 19.5 Å². The second kappa shape index (κ2) is 8.48. The van der Waals surface area contributed by atoms with Gasteiger partial charge in [-0.05, 0) is 18.4 Å². The molecule has 0 saturated carbocycles. The minimum Gasteiger partial charge on any atom is -0.383 e. The molecule has 1 saturated heterocycles. The van der Waals surface area contributed by atoms with E-state index in [0.29, 0.717) is 13.2 Å². The molecule has 1 aromatic rings. The number of amides is 1. The number of carbonyl (C=O) groups is 1. The number of thiophene rings is 1. The van der Waals surface area contributed by atoms with Crippen molar-refractivity contribution in [1.29, 1.82) is 0 Å². The summed E-state index contributed by atoms with van der Waals surface area (Å²) in [5.41, 5.74) is 0. The van der Waals surface area contributed by atoms with Crippen molar-refractivity contribution in [3.05, 3.63) is 22.4 Å². The van der Waals surface area contributed by atoms with E-state index in [-0.39, 0.29) is 11.9 Å². The van der Waals surface area contributed by atoms with E-state index < -0.39 is 0 Å². The van der Waals surface area contributed by atoms with Crippen LogP contribution >= 0.6 is 11.3 Å². The summed E-state index contributed by atoms with van der Waals surface area (Å²) in [7, 11) is 1.65. The van der Waals surface area contributed by atoms with Gasteiger partial charge in [-0.1, -0.05) is 6.07 Å². The average Bonchev–Trinajstić information content (AvgIpc) is 2.94. The first kappa shape index (κ1) is 16.4. The molecule has 1 N–H and O–H groups in total. The molecule has 1 unspecified atom stereocenters. The topological polar surface area (TPSA) is 44.8 Å². The van der Waals surface area contributed by atoms with Crippen molar-refractivity contribution in [2.24, 2.45) is 0 Å². The Morgan fingerprint density at radius 1 is 1.38 bits per heavy atom. The Morgan fingerprint density at radius 2 is 2.10 bits per heavy atom. The highest BCUT2D eigenvalue weighted by Gasteiger charge is 2.19. The van der Waals surface area contributed by atoms with Crippen LogP contribution in [0.25, 0.3) is 0 Å². The lowest BCUT2D eigenvalue weighted by atomic mass is 10.3. The smallest absolute Gasteiger partial charge is 0.234 e. The Balaban J connectivity index is 1.65. The summed E-state index contributed by atoms with van der Waals surface area (Å²) in [6.45, 7) is 8.00. The molecule has 2 rings (SSSR count). The van der Waals surface area contributed by atoms with Crippen molar-refractivity contribution >= 4 is 17.2 Å². The third kappa shape index (κ3) is 5.74. The number of piperazine rings is 1. The van der Waals surface area contributed by atoms with Gasteiger partial charge in [0.15, 0.2) is 0 Å². The summed E-state index contributed by atoms with van der Waals surface area (Å²) < 4.78 is 5.02. The van der Waals surface area contributed by atoms with E-state index >= 15 is 0 Å². The molecule has 1 aliphatic heterocycles. The van der Waals surface area contributed by atoms with Crippen LogP contribution in [0, 0.1) is 0 Å². The zero-order valence-corrected chi connectivity index (χ0v) is 13.7. The largest absolute Gasteiger partial charge is 0.383 e. The highest BCUT2D eigenvalue weighted by atomic mass is 32.1. The Hall–Kier alpha value is -0.950. The van der Waals surface area contributed by atoms with Crippen molar-refractivity contribution in [3.63, 3.8) is 0 Å². The molecule has 1 aliphatic rings. The molecule has 5 nitrogen and oxygen atoms in total. The van der Waals surface area contributed by atoms with Crippen LogP contribution in [0.15, 0.2) is 17.5 Å². The maximum atomic E-state index is 11.9. The van der Waals surface area contributed by atoms with E-state index in [9.17, 15) is 4.79 Å². The molecule has 6 heteroatoms. The van der Waals surface area contributed by atoms with Crippen molar-refractivity contribution in [3.8, 4) is 0 Å². The Bertz CT molecular complexity index is 417. The molecule has 118 valence electrons. The van der Waals surface area contributed by atoms with Gasteiger partial charge in [0.25, 0.3) is 0 Å². The van der Waals surface area contributed by atoms with Crippen LogP contribution in [0.2, 0.25) is 0 Å². The van der Waals surface area contributed by atoms with E-state index in [0.717, 1.165) is 32.7 Å². The highest BCUT2D eigenvalue weighted by molar-refractivity contribution is 7.09. The third-order valence-electron chi connectivity index (χ3n) is 3.62. The van der Waals surface area contributed by atoms with Crippen LogP contribution < -0.4 is 5.32 Å². The molecule has 1 amide bonds. The van der Waals surface area contributed by atoms with E-state index in [1.807, 2.05) is 18.3 Å². The number of rotatable bonds is 7. The minimum atomic E-state index is 0.0719. The molecular formula is C15H25N3O2S. The number of methoxy groups -OCH3 is 1. The fourth-order valence-corrected chi connectivity index (χ4v) is 3.29. The predicted octanol–water partition coefficient (Wildman–Crippen LogP) is 1.02. The lowest BCUT2D eigenvalue weighted by molar-refractivity contribution is -0.123. The normalized spacial score (nSPS) is 18.6. The van der Waals surface area contributed by atoms with Gasteiger partial charge in [-0.15, -0.1) is 11.3 Å². The standard InChI is InChI=1S/C15H25N3O2S/c1-13(12-20-2)16-15(19)11-18-7-5-17(6-8-18)10-14-4-3-9-21-14/h3-4,9,13H,5-8,10-12H2,1-2H3,(H,16,19). The molecule has 2 heterocycles. The monoisotopic (exact) mass is 311 g/mol. The number of nitrogens with zero attached hydrogens (tertiary/aromatic N) is 2. The van der Waals surface area contributed by atoms with Crippen LogP contribution in [0.4, 0.5) is 0 Å². The molecule has 0 aromatic carbocycles. The van der Waals surface area contributed by atoms with Crippen LogP contribution in [0.5, 0.6) is 0 Å². The minimum absolute atomic E-state index is 0.0719. The first-order valence-corrected chi connectivity index (χ1v) is 8.30. The van der Waals surface area contributed by atoms with Gasteiger partial charge in [0, 0.05) is 50.8 Å². The number of nitrogens with one attached hydrogen (secondary N) is 1. The van der Waals surface area contributed by atoms with E-state index in [2.05, 4.69) is 32.6 Å². The number of carbonyl (C=O) groups excluding carboxylic acids is 1. The molecule has 0 spiro atoms. The summed E-state index contributed by atoms with van der Waals surface area (Å²) in [5, 5.41) is 5.08. The van der Waals surface area contributed by atoms with E-state index in [1.165, 1.54) is 4.88 Å². The zero-order valence-electron chi connectivity index (χ0n) is 12.9. The van der Waals surface area contributed by atoms with Gasteiger partial charge in [0.1, 0.15) is 0 Å². The second-order valence-corrected chi connectivity index (χ2v) is 6.59. The SMILES string of the molecule is COCC(C)NC(=O)CN1CCN(Cc2cccs2)CC1. The molecule has 1 fully saturated rings. The molecule has 1 aromatic heterocycles. The van der Waals surface area contributed by atoms with Crippen molar-refractivity contribution < 1.29 is 9.53 Å². The molecule has 0 aliphatic carbocycles. The Kier molecular flexibility index (Phi) is 6.63. The third-order valence-corrected chi connectivity index (χ3v) is 4.48. The Morgan fingerprint density at radius 3 is 2.71 bits per heavy atom.